The van der Waals surface area contributed by atoms with Crippen molar-refractivity contribution in [3.8, 4) is 11.3 Å². The third-order valence-corrected chi connectivity index (χ3v) is 5.02. The first kappa shape index (κ1) is 17.7. The smallest absolute Gasteiger partial charge is 0.232 e. The van der Waals surface area contributed by atoms with Gasteiger partial charge in [-0.1, -0.05) is 22.8 Å². The number of amides is 1. The molecule has 0 aliphatic heterocycles. The summed E-state index contributed by atoms with van der Waals surface area (Å²) >= 11 is 5.89. The number of nitrogens with zero attached hydrogens (tertiary/aromatic N) is 1. The van der Waals surface area contributed by atoms with E-state index in [0.29, 0.717) is 29.3 Å². The molecule has 3 aromatic rings. The number of carbonyl (C=O) groups excluding carboxylic acids is 1. The van der Waals surface area contributed by atoms with Gasteiger partial charge >= 0.3 is 0 Å². The highest BCUT2D eigenvalue weighted by molar-refractivity contribution is 6.30. The van der Waals surface area contributed by atoms with Crippen molar-refractivity contribution in [3.05, 3.63) is 76.4 Å². The van der Waals surface area contributed by atoms with Crippen LogP contribution in [0.4, 0.5) is 8.78 Å². The quantitative estimate of drug-likeness (QED) is 0.693. The van der Waals surface area contributed by atoms with Crippen LogP contribution in [0.2, 0.25) is 5.02 Å². The Balaban J connectivity index is 1.48. The number of aromatic nitrogens is 1. The van der Waals surface area contributed by atoms with Gasteiger partial charge in [0.2, 0.25) is 5.91 Å². The van der Waals surface area contributed by atoms with Crippen molar-refractivity contribution < 1.29 is 18.1 Å². The first-order chi connectivity index (χ1) is 13.0. The number of nitrogens with one attached hydrogen (secondary N) is 1. The normalized spacial score (nSPS) is 14.8. The Morgan fingerprint density at radius 1 is 1.15 bits per heavy atom. The van der Waals surface area contributed by atoms with E-state index in [-0.39, 0.29) is 18.0 Å². The fourth-order valence-electron chi connectivity index (χ4n) is 2.99. The molecule has 1 aromatic heterocycles. The molecule has 138 valence electrons. The first-order valence-corrected chi connectivity index (χ1v) is 8.81. The second-order valence-electron chi connectivity index (χ2n) is 6.58. The lowest BCUT2D eigenvalue weighted by Crippen LogP contribution is -2.34. The Hall–Kier alpha value is -2.73. The summed E-state index contributed by atoms with van der Waals surface area (Å²) in [5.74, 6) is -1.04. The summed E-state index contributed by atoms with van der Waals surface area (Å²) in [5.41, 5.74) is 0.819. The number of rotatable bonds is 5. The Bertz CT molecular complexity index is 997. The van der Waals surface area contributed by atoms with Gasteiger partial charge < -0.3 is 9.84 Å². The summed E-state index contributed by atoms with van der Waals surface area (Å²) in [6.45, 7) is -0.0193. The lowest BCUT2D eigenvalue weighted by Gasteiger charge is -2.12. The summed E-state index contributed by atoms with van der Waals surface area (Å²) in [7, 11) is 0. The Morgan fingerprint density at radius 3 is 2.56 bits per heavy atom. The summed E-state index contributed by atoms with van der Waals surface area (Å²) in [5, 5.41) is 7.39. The van der Waals surface area contributed by atoms with Gasteiger partial charge in [-0.15, -0.1) is 0 Å². The number of benzene rings is 2. The molecule has 0 bridgehead atoms. The summed E-state index contributed by atoms with van der Waals surface area (Å²) in [4.78, 5) is 12.7. The topological polar surface area (TPSA) is 55.1 Å². The van der Waals surface area contributed by atoms with Gasteiger partial charge in [0.1, 0.15) is 11.6 Å². The molecule has 0 radical (unpaired) electrons. The molecule has 2 aromatic carbocycles. The minimum atomic E-state index is -0.759. The van der Waals surface area contributed by atoms with Crippen molar-refractivity contribution in [1.82, 2.24) is 10.5 Å². The third kappa shape index (κ3) is 3.45. The van der Waals surface area contributed by atoms with Crippen LogP contribution in [0.1, 0.15) is 24.1 Å². The zero-order valence-corrected chi connectivity index (χ0v) is 14.9. The van der Waals surface area contributed by atoms with Gasteiger partial charge in [-0.3, -0.25) is 4.79 Å². The molecule has 27 heavy (non-hydrogen) atoms. The highest BCUT2D eigenvalue weighted by Gasteiger charge is 2.53. The molecule has 1 fully saturated rings. The average Bonchev–Trinajstić information content (AvgIpc) is 3.32. The van der Waals surface area contributed by atoms with Gasteiger partial charge in [-0.05, 0) is 43.2 Å². The van der Waals surface area contributed by atoms with Crippen molar-refractivity contribution in [1.29, 1.82) is 0 Å². The van der Waals surface area contributed by atoms with Crippen LogP contribution in [0.15, 0.2) is 53.1 Å². The lowest BCUT2D eigenvalue weighted by molar-refractivity contribution is -0.123. The fourth-order valence-corrected chi connectivity index (χ4v) is 3.11. The predicted octanol–water partition coefficient (Wildman–Crippen LogP) is 4.62. The molecular weight excluding hydrogens is 374 g/mol. The van der Waals surface area contributed by atoms with E-state index in [9.17, 15) is 13.6 Å². The third-order valence-electron chi connectivity index (χ3n) is 4.77. The highest BCUT2D eigenvalue weighted by atomic mass is 35.5. The van der Waals surface area contributed by atoms with E-state index < -0.39 is 17.0 Å². The highest BCUT2D eigenvalue weighted by Crippen LogP contribution is 2.48. The van der Waals surface area contributed by atoms with Gasteiger partial charge in [0, 0.05) is 34.8 Å². The lowest BCUT2D eigenvalue weighted by atomic mass is 10.00. The summed E-state index contributed by atoms with van der Waals surface area (Å²) in [6.07, 6.45) is 1.27. The summed E-state index contributed by atoms with van der Waals surface area (Å²) in [6, 6.07) is 12.1. The molecule has 1 N–H and O–H groups in total. The molecule has 0 saturated heterocycles. The second-order valence-corrected chi connectivity index (χ2v) is 7.02. The van der Waals surface area contributed by atoms with E-state index in [0.717, 1.165) is 17.7 Å². The molecule has 0 atom stereocenters. The average molecular weight is 389 g/mol. The van der Waals surface area contributed by atoms with E-state index in [4.69, 9.17) is 16.1 Å². The molecule has 4 nitrogen and oxygen atoms in total. The maximum atomic E-state index is 13.7. The van der Waals surface area contributed by atoms with Crippen LogP contribution < -0.4 is 5.32 Å². The van der Waals surface area contributed by atoms with Crippen LogP contribution >= 0.6 is 11.6 Å². The first-order valence-electron chi connectivity index (χ1n) is 8.43. The van der Waals surface area contributed by atoms with Gasteiger partial charge in [0.15, 0.2) is 5.76 Å². The van der Waals surface area contributed by atoms with Gasteiger partial charge in [-0.2, -0.15) is 0 Å². The maximum absolute atomic E-state index is 13.7. The van der Waals surface area contributed by atoms with Gasteiger partial charge in [0.25, 0.3) is 0 Å². The van der Waals surface area contributed by atoms with Crippen LogP contribution in [-0.4, -0.2) is 11.1 Å². The van der Waals surface area contributed by atoms with E-state index in [2.05, 4.69) is 10.5 Å². The largest absolute Gasteiger partial charge is 0.356 e. The standard InChI is InChI=1S/C20H15ClF2N2O2/c21-14-4-1-12(2-5-14)17-10-18(25-27-17)20(7-8-20)19(26)24-11-13-3-6-15(22)9-16(13)23/h1-6,9-10H,7-8,11H2,(H,24,26). The van der Waals surface area contributed by atoms with E-state index >= 15 is 0 Å². The summed E-state index contributed by atoms with van der Waals surface area (Å²) < 4.78 is 32.1. The molecule has 4 rings (SSSR count). The SMILES string of the molecule is O=C(NCc1ccc(F)cc1F)C1(c2cc(-c3ccc(Cl)cc3)on2)CC1. The van der Waals surface area contributed by atoms with Crippen molar-refractivity contribution in [2.24, 2.45) is 0 Å². The molecule has 1 saturated carbocycles. The minimum Gasteiger partial charge on any atom is -0.356 e. The van der Waals surface area contributed by atoms with Crippen LogP contribution in [0.3, 0.4) is 0 Å². The van der Waals surface area contributed by atoms with Crippen molar-refractivity contribution >= 4 is 17.5 Å². The molecule has 7 heteroatoms. The van der Waals surface area contributed by atoms with Crippen molar-refractivity contribution in [2.75, 3.05) is 0 Å². The fraction of sp³-hybridized carbons (Fsp3) is 0.200. The predicted molar refractivity (Wildman–Crippen MR) is 96.1 cm³/mol. The van der Waals surface area contributed by atoms with E-state index in [1.807, 2.05) is 12.1 Å². The monoisotopic (exact) mass is 388 g/mol. The second kappa shape index (κ2) is 6.78. The van der Waals surface area contributed by atoms with E-state index in [1.54, 1.807) is 18.2 Å². The van der Waals surface area contributed by atoms with Gasteiger partial charge in [-0.25, -0.2) is 8.78 Å². The van der Waals surface area contributed by atoms with Crippen LogP contribution in [0, 0.1) is 11.6 Å². The molecule has 1 heterocycles. The number of hydrogen-bond acceptors (Lipinski definition) is 3. The van der Waals surface area contributed by atoms with Crippen molar-refractivity contribution in [3.63, 3.8) is 0 Å². The zero-order chi connectivity index (χ0) is 19.0. The maximum Gasteiger partial charge on any atom is 0.232 e. The van der Waals surface area contributed by atoms with Crippen LogP contribution in [0.25, 0.3) is 11.3 Å². The molecule has 0 spiro atoms. The van der Waals surface area contributed by atoms with E-state index in [1.165, 1.54) is 6.07 Å². The Kier molecular flexibility index (Phi) is 4.44. The Labute approximate surface area is 159 Å². The molecular formula is C20H15ClF2N2O2. The molecule has 1 aliphatic rings. The van der Waals surface area contributed by atoms with Crippen LogP contribution in [-0.2, 0) is 16.8 Å². The number of hydrogen-bond donors (Lipinski definition) is 1. The van der Waals surface area contributed by atoms with Crippen molar-refractivity contribution in [2.45, 2.75) is 24.8 Å². The number of halogens is 3. The Morgan fingerprint density at radius 2 is 1.89 bits per heavy atom. The number of carbonyl (C=O) groups is 1. The molecule has 1 aliphatic carbocycles. The zero-order valence-electron chi connectivity index (χ0n) is 14.1. The van der Waals surface area contributed by atoms with Gasteiger partial charge in [0.05, 0.1) is 11.1 Å². The molecule has 0 unspecified atom stereocenters. The van der Waals surface area contributed by atoms with Crippen LogP contribution in [0.5, 0.6) is 0 Å². The minimum absolute atomic E-state index is 0.0193. The molecule has 1 amide bonds.